The zero-order chi connectivity index (χ0) is 10.8. The van der Waals surface area contributed by atoms with E-state index in [-0.39, 0.29) is 0 Å². The fourth-order valence-electron chi connectivity index (χ4n) is 2.76. The van der Waals surface area contributed by atoms with Crippen LogP contribution in [0.4, 0.5) is 5.69 Å². The SMILES string of the molecule is Cc1ccc(N)c([C@@H]2CCC[C@@H](C)C2)c1. The summed E-state index contributed by atoms with van der Waals surface area (Å²) in [7, 11) is 0. The van der Waals surface area contributed by atoms with Crippen LogP contribution in [0.3, 0.4) is 0 Å². The van der Waals surface area contributed by atoms with Gasteiger partial charge >= 0.3 is 0 Å². The summed E-state index contributed by atoms with van der Waals surface area (Å²) < 4.78 is 0. The van der Waals surface area contributed by atoms with Crippen LogP contribution in [-0.2, 0) is 0 Å². The van der Waals surface area contributed by atoms with Crippen LogP contribution in [0, 0.1) is 12.8 Å². The highest BCUT2D eigenvalue weighted by Crippen LogP contribution is 2.38. The molecule has 15 heavy (non-hydrogen) atoms. The highest BCUT2D eigenvalue weighted by atomic mass is 14.6. The molecule has 1 aromatic rings. The fourth-order valence-corrected chi connectivity index (χ4v) is 2.76. The quantitative estimate of drug-likeness (QED) is 0.689. The van der Waals surface area contributed by atoms with Crippen LogP contribution in [-0.4, -0.2) is 0 Å². The van der Waals surface area contributed by atoms with Gasteiger partial charge in [0.15, 0.2) is 0 Å². The van der Waals surface area contributed by atoms with Gasteiger partial charge in [-0.2, -0.15) is 0 Å². The van der Waals surface area contributed by atoms with E-state index in [1.54, 1.807) is 0 Å². The smallest absolute Gasteiger partial charge is 0.0349 e. The Morgan fingerprint density at radius 2 is 2.07 bits per heavy atom. The molecule has 2 rings (SSSR count). The third-order valence-corrected chi connectivity index (χ3v) is 3.62. The van der Waals surface area contributed by atoms with Gasteiger partial charge in [-0.25, -0.2) is 0 Å². The first kappa shape index (κ1) is 10.5. The summed E-state index contributed by atoms with van der Waals surface area (Å²) in [6, 6.07) is 6.44. The molecule has 0 bridgehead atoms. The molecule has 1 fully saturated rings. The zero-order valence-electron chi connectivity index (χ0n) is 9.79. The Labute approximate surface area is 92.7 Å². The normalized spacial score (nSPS) is 26.5. The lowest BCUT2D eigenvalue weighted by atomic mass is 9.78. The number of nitrogen functional groups attached to an aromatic ring is 1. The first-order chi connectivity index (χ1) is 7.16. The molecule has 2 atom stereocenters. The minimum Gasteiger partial charge on any atom is -0.398 e. The third-order valence-electron chi connectivity index (χ3n) is 3.62. The van der Waals surface area contributed by atoms with Gasteiger partial charge in [-0.05, 0) is 43.2 Å². The van der Waals surface area contributed by atoms with Gasteiger partial charge in [0, 0.05) is 5.69 Å². The van der Waals surface area contributed by atoms with Gasteiger partial charge in [0.2, 0.25) is 0 Å². The van der Waals surface area contributed by atoms with Crippen LogP contribution in [0.5, 0.6) is 0 Å². The standard InChI is InChI=1S/C14H21N/c1-10-4-3-5-12(8-10)13-9-11(2)6-7-14(13)15/h6-7,9-10,12H,3-5,8,15H2,1-2H3/t10-,12-/m1/s1. The molecule has 1 nitrogen and oxygen atoms in total. The highest BCUT2D eigenvalue weighted by molar-refractivity contribution is 5.50. The second-order valence-electron chi connectivity index (χ2n) is 5.10. The second kappa shape index (κ2) is 4.26. The van der Waals surface area contributed by atoms with Crippen molar-refractivity contribution in [3.05, 3.63) is 29.3 Å². The van der Waals surface area contributed by atoms with Crippen molar-refractivity contribution in [3.8, 4) is 0 Å². The number of anilines is 1. The first-order valence-electron chi connectivity index (χ1n) is 6.03. The molecule has 1 aromatic carbocycles. The van der Waals surface area contributed by atoms with Gasteiger partial charge in [-0.1, -0.05) is 37.5 Å². The lowest BCUT2D eigenvalue weighted by Gasteiger charge is -2.28. The summed E-state index contributed by atoms with van der Waals surface area (Å²) >= 11 is 0. The Morgan fingerprint density at radius 3 is 2.80 bits per heavy atom. The average Bonchev–Trinajstić information content (AvgIpc) is 2.22. The van der Waals surface area contributed by atoms with Crippen LogP contribution in [0.15, 0.2) is 18.2 Å². The van der Waals surface area contributed by atoms with Crippen LogP contribution in [0.25, 0.3) is 0 Å². The average molecular weight is 203 g/mol. The monoisotopic (exact) mass is 203 g/mol. The van der Waals surface area contributed by atoms with Gasteiger partial charge in [0.05, 0.1) is 0 Å². The van der Waals surface area contributed by atoms with Crippen LogP contribution in [0.1, 0.15) is 49.7 Å². The molecule has 0 amide bonds. The van der Waals surface area contributed by atoms with E-state index < -0.39 is 0 Å². The largest absolute Gasteiger partial charge is 0.398 e. The molecular formula is C14H21N. The van der Waals surface area contributed by atoms with Gasteiger partial charge in [-0.15, -0.1) is 0 Å². The molecule has 1 saturated carbocycles. The summed E-state index contributed by atoms with van der Waals surface area (Å²) in [6.45, 7) is 4.51. The van der Waals surface area contributed by atoms with Crippen molar-refractivity contribution < 1.29 is 0 Å². The van der Waals surface area contributed by atoms with Crippen molar-refractivity contribution in [2.24, 2.45) is 5.92 Å². The van der Waals surface area contributed by atoms with Gasteiger partial charge in [0.25, 0.3) is 0 Å². The van der Waals surface area contributed by atoms with Gasteiger partial charge in [-0.3, -0.25) is 0 Å². The van der Waals surface area contributed by atoms with Crippen LogP contribution < -0.4 is 5.73 Å². The molecule has 2 N–H and O–H groups in total. The highest BCUT2D eigenvalue weighted by Gasteiger charge is 2.21. The summed E-state index contributed by atoms with van der Waals surface area (Å²) in [5.41, 5.74) is 9.77. The topological polar surface area (TPSA) is 26.0 Å². The Balaban J connectivity index is 2.24. The number of aryl methyl sites for hydroxylation is 1. The molecule has 1 heteroatoms. The molecule has 0 radical (unpaired) electrons. The van der Waals surface area contributed by atoms with Crippen molar-refractivity contribution in [2.45, 2.75) is 45.4 Å². The van der Waals surface area contributed by atoms with E-state index in [9.17, 15) is 0 Å². The van der Waals surface area contributed by atoms with Crippen molar-refractivity contribution in [3.63, 3.8) is 0 Å². The van der Waals surface area contributed by atoms with Crippen molar-refractivity contribution in [1.29, 1.82) is 0 Å². The van der Waals surface area contributed by atoms with Crippen molar-refractivity contribution >= 4 is 5.69 Å². The number of rotatable bonds is 1. The Bertz CT molecular complexity index is 343. The number of nitrogens with two attached hydrogens (primary N) is 1. The van der Waals surface area contributed by atoms with E-state index in [1.165, 1.54) is 36.8 Å². The van der Waals surface area contributed by atoms with Crippen molar-refractivity contribution in [2.75, 3.05) is 5.73 Å². The minimum absolute atomic E-state index is 0.702. The maximum atomic E-state index is 6.07. The Morgan fingerprint density at radius 1 is 1.27 bits per heavy atom. The van der Waals surface area contributed by atoms with Crippen LogP contribution >= 0.6 is 0 Å². The van der Waals surface area contributed by atoms with E-state index in [1.807, 2.05) is 0 Å². The van der Waals surface area contributed by atoms with Crippen molar-refractivity contribution in [1.82, 2.24) is 0 Å². The second-order valence-corrected chi connectivity index (χ2v) is 5.10. The minimum atomic E-state index is 0.702. The van der Waals surface area contributed by atoms with E-state index in [0.717, 1.165) is 11.6 Å². The summed E-state index contributed by atoms with van der Waals surface area (Å²) in [5, 5.41) is 0. The van der Waals surface area contributed by atoms with Gasteiger partial charge in [0.1, 0.15) is 0 Å². The third kappa shape index (κ3) is 2.34. The number of hydrogen-bond donors (Lipinski definition) is 1. The zero-order valence-corrected chi connectivity index (χ0v) is 9.79. The van der Waals surface area contributed by atoms with Gasteiger partial charge < -0.3 is 5.73 Å². The van der Waals surface area contributed by atoms with Crippen LogP contribution in [0.2, 0.25) is 0 Å². The molecule has 1 aliphatic carbocycles. The molecule has 0 aromatic heterocycles. The Hall–Kier alpha value is -0.980. The number of hydrogen-bond acceptors (Lipinski definition) is 1. The van der Waals surface area contributed by atoms with E-state index in [0.29, 0.717) is 5.92 Å². The molecular weight excluding hydrogens is 182 g/mol. The summed E-state index contributed by atoms with van der Waals surface area (Å²) in [6.07, 6.45) is 5.38. The maximum absolute atomic E-state index is 6.07. The first-order valence-corrected chi connectivity index (χ1v) is 6.03. The molecule has 0 unspecified atom stereocenters. The van der Waals surface area contributed by atoms with E-state index in [2.05, 4.69) is 32.0 Å². The predicted molar refractivity (Wildman–Crippen MR) is 66.0 cm³/mol. The van der Waals surface area contributed by atoms with E-state index in [4.69, 9.17) is 5.73 Å². The Kier molecular flexibility index (Phi) is 2.99. The lowest BCUT2D eigenvalue weighted by molar-refractivity contribution is 0.344. The fraction of sp³-hybridized carbons (Fsp3) is 0.571. The molecule has 0 aliphatic heterocycles. The maximum Gasteiger partial charge on any atom is 0.0349 e. The lowest BCUT2D eigenvalue weighted by Crippen LogP contribution is -2.13. The van der Waals surface area contributed by atoms with E-state index >= 15 is 0 Å². The number of benzene rings is 1. The predicted octanol–water partition coefficient (Wildman–Crippen LogP) is 3.87. The summed E-state index contributed by atoms with van der Waals surface area (Å²) in [5.74, 6) is 1.57. The molecule has 82 valence electrons. The molecule has 0 spiro atoms. The molecule has 1 aliphatic rings. The summed E-state index contributed by atoms with van der Waals surface area (Å²) in [4.78, 5) is 0. The molecule has 0 heterocycles. The molecule has 0 saturated heterocycles.